The predicted molar refractivity (Wildman–Crippen MR) is 79.6 cm³/mol. The second-order valence-corrected chi connectivity index (χ2v) is 6.01. The van der Waals surface area contributed by atoms with Crippen molar-refractivity contribution in [3.8, 4) is 0 Å². The molecule has 1 saturated carbocycles. The first-order valence-corrected chi connectivity index (χ1v) is 7.43. The van der Waals surface area contributed by atoms with Crippen molar-refractivity contribution in [2.75, 3.05) is 11.9 Å². The minimum Gasteiger partial charge on any atom is -0.361 e. The number of aromatic nitrogens is 1. The molecule has 4 rings (SSSR count). The van der Waals surface area contributed by atoms with Gasteiger partial charge in [-0.15, -0.1) is 0 Å². The van der Waals surface area contributed by atoms with Crippen LogP contribution in [0.15, 0.2) is 30.5 Å². The first-order valence-electron chi connectivity index (χ1n) is 7.43. The molecule has 2 heterocycles. The standard InChI is InChI=1S/C16H19N3O/c20-16(15-13-3-1-2-11(13)9-18-15)19-12-4-5-14-10(8-12)6-7-17-14/h4-8,11,13,15,17-18H,1-3,9H2,(H,19,20). The molecule has 1 aromatic carbocycles. The van der Waals surface area contributed by atoms with Gasteiger partial charge in [0, 0.05) is 22.8 Å². The van der Waals surface area contributed by atoms with Gasteiger partial charge in [0.25, 0.3) is 0 Å². The summed E-state index contributed by atoms with van der Waals surface area (Å²) in [5, 5.41) is 7.58. The molecular weight excluding hydrogens is 250 g/mol. The average molecular weight is 269 g/mol. The molecule has 4 nitrogen and oxygen atoms in total. The molecule has 2 aliphatic rings. The number of hydrogen-bond donors (Lipinski definition) is 3. The number of benzene rings is 1. The van der Waals surface area contributed by atoms with Gasteiger partial charge in [0.1, 0.15) is 0 Å². The number of nitrogens with one attached hydrogen (secondary N) is 3. The first kappa shape index (κ1) is 12.0. The van der Waals surface area contributed by atoms with E-state index >= 15 is 0 Å². The summed E-state index contributed by atoms with van der Waals surface area (Å²) in [6.45, 7) is 1.000. The molecule has 1 amide bonds. The Morgan fingerprint density at radius 1 is 1.25 bits per heavy atom. The van der Waals surface area contributed by atoms with Crippen LogP contribution < -0.4 is 10.6 Å². The number of aromatic amines is 1. The van der Waals surface area contributed by atoms with Crippen molar-refractivity contribution in [2.24, 2.45) is 11.8 Å². The van der Waals surface area contributed by atoms with Crippen LogP contribution in [0.25, 0.3) is 10.9 Å². The van der Waals surface area contributed by atoms with Gasteiger partial charge in [-0.2, -0.15) is 0 Å². The van der Waals surface area contributed by atoms with Gasteiger partial charge in [-0.05, 0) is 55.5 Å². The SMILES string of the molecule is O=C(Nc1ccc2[nH]ccc2c1)C1NCC2CCCC21. The fraction of sp³-hybridized carbons (Fsp3) is 0.438. The highest BCUT2D eigenvalue weighted by molar-refractivity contribution is 5.97. The van der Waals surface area contributed by atoms with Crippen LogP contribution in [0.4, 0.5) is 5.69 Å². The lowest BCUT2D eigenvalue weighted by Crippen LogP contribution is -2.39. The van der Waals surface area contributed by atoms with Crippen LogP contribution in [0.1, 0.15) is 19.3 Å². The monoisotopic (exact) mass is 269 g/mol. The molecule has 1 saturated heterocycles. The number of amides is 1. The number of H-pyrrole nitrogens is 1. The smallest absolute Gasteiger partial charge is 0.241 e. The molecule has 0 spiro atoms. The molecule has 4 heteroatoms. The number of anilines is 1. The molecule has 20 heavy (non-hydrogen) atoms. The van der Waals surface area contributed by atoms with Gasteiger partial charge in [-0.1, -0.05) is 6.42 Å². The Hall–Kier alpha value is -1.81. The third-order valence-electron chi connectivity index (χ3n) is 4.85. The van der Waals surface area contributed by atoms with Crippen LogP contribution in [-0.2, 0) is 4.79 Å². The largest absolute Gasteiger partial charge is 0.361 e. The van der Waals surface area contributed by atoms with Crippen LogP contribution in [0.5, 0.6) is 0 Å². The van der Waals surface area contributed by atoms with E-state index in [9.17, 15) is 4.79 Å². The molecule has 1 aliphatic carbocycles. The van der Waals surface area contributed by atoms with Crippen LogP contribution in [0, 0.1) is 11.8 Å². The number of fused-ring (bicyclic) bond motifs is 2. The quantitative estimate of drug-likeness (QED) is 0.784. The Bertz CT molecular complexity index is 648. The average Bonchev–Trinajstić information content (AvgIpc) is 3.13. The molecule has 1 aromatic heterocycles. The van der Waals surface area contributed by atoms with Crippen molar-refractivity contribution < 1.29 is 4.79 Å². The fourth-order valence-electron chi connectivity index (χ4n) is 3.83. The van der Waals surface area contributed by atoms with Gasteiger partial charge < -0.3 is 15.6 Å². The van der Waals surface area contributed by atoms with E-state index < -0.39 is 0 Å². The maximum Gasteiger partial charge on any atom is 0.241 e. The Balaban J connectivity index is 1.51. The highest BCUT2D eigenvalue weighted by Crippen LogP contribution is 2.38. The lowest BCUT2D eigenvalue weighted by Gasteiger charge is -2.17. The number of rotatable bonds is 2. The number of hydrogen-bond acceptors (Lipinski definition) is 2. The normalized spacial score (nSPS) is 28.7. The molecule has 104 valence electrons. The zero-order valence-corrected chi connectivity index (χ0v) is 11.4. The van der Waals surface area contributed by atoms with E-state index in [0.29, 0.717) is 11.8 Å². The highest BCUT2D eigenvalue weighted by atomic mass is 16.2. The lowest BCUT2D eigenvalue weighted by atomic mass is 9.93. The molecule has 1 aliphatic heterocycles. The summed E-state index contributed by atoms with van der Waals surface area (Å²) in [6.07, 6.45) is 5.65. The zero-order chi connectivity index (χ0) is 13.5. The van der Waals surface area contributed by atoms with E-state index in [1.54, 1.807) is 0 Å². The van der Waals surface area contributed by atoms with E-state index in [4.69, 9.17) is 0 Å². The number of carbonyl (C=O) groups is 1. The van der Waals surface area contributed by atoms with Gasteiger partial charge in [0.2, 0.25) is 5.91 Å². The maximum atomic E-state index is 12.5. The van der Waals surface area contributed by atoms with E-state index in [1.165, 1.54) is 19.3 Å². The molecule has 2 aromatic rings. The minimum atomic E-state index is -0.00979. The van der Waals surface area contributed by atoms with Crippen molar-refractivity contribution in [2.45, 2.75) is 25.3 Å². The van der Waals surface area contributed by atoms with Crippen molar-refractivity contribution >= 4 is 22.5 Å². The molecule has 0 radical (unpaired) electrons. The molecule has 3 N–H and O–H groups in total. The molecule has 3 atom stereocenters. The molecular formula is C16H19N3O. The Labute approximate surface area is 117 Å². The highest BCUT2D eigenvalue weighted by Gasteiger charge is 2.42. The second-order valence-electron chi connectivity index (χ2n) is 6.01. The minimum absolute atomic E-state index is 0.00979. The summed E-state index contributed by atoms with van der Waals surface area (Å²) in [5.74, 6) is 1.36. The summed E-state index contributed by atoms with van der Waals surface area (Å²) in [5.41, 5.74) is 1.98. The summed E-state index contributed by atoms with van der Waals surface area (Å²) in [6, 6.07) is 7.99. The van der Waals surface area contributed by atoms with Gasteiger partial charge in [-0.25, -0.2) is 0 Å². The lowest BCUT2D eigenvalue weighted by molar-refractivity contribution is -0.118. The van der Waals surface area contributed by atoms with E-state index in [-0.39, 0.29) is 11.9 Å². The second kappa shape index (κ2) is 4.63. The zero-order valence-electron chi connectivity index (χ0n) is 11.4. The van der Waals surface area contributed by atoms with Crippen LogP contribution in [0.3, 0.4) is 0 Å². The summed E-state index contributed by atoms with van der Waals surface area (Å²) in [4.78, 5) is 15.6. The maximum absolute atomic E-state index is 12.5. The third-order valence-corrected chi connectivity index (χ3v) is 4.85. The summed E-state index contributed by atoms with van der Waals surface area (Å²) in [7, 11) is 0. The van der Waals surface area contributed by atoms with Crippen molar-refractivity contribution in [3.05, 3.63) is 30.5 Å². The topological polar surface area (TPSA) is 56.9 Å². The van der Waals surface area contributed by atoms with Crippen LogP contribution >= 0.6 is 0 Å². The van der Waals surface area contributed by atoms with Crippen molar-refractivity contribution in [3.63, 3.8) is 0 Å². The van der Waals surface area contributed by atoms with Crippen LogP contribution in [-0.4, -0.2) is 23.5 Å². The van der Waals surface area contributed by atoms with Gasteiger partial charge in [0.15, 0.2) is 0 Å². The Morgan fingerprint density at radius 2 is 2.20 bits per heavy atom. The van der Waals surface area contributed by atoms with E-state index in [2.05, 4.69) is 15.6 Å². The molecule has 3 unspecified atom stereocenters. The Morgan fingerprint density at radius 3 is 3.15 bits per heavy atom. The van der Waals surface area contributed by atoms with Crippen molar-refractivity contribution in [1.82, 2.24) is 10.3 Å². The Kier molecular flexibility index (Phi) is 2.77. The molecule has 2 fully saturated rings. The van der Waals surface area contributed by atoms with Crippen LogP contribution in [0.2, 0.25) is 0 Å². The predicted octanol–water partition coefficient (Wildman–Crippen LogP) is 2.49. The first-order chi connectivity index (χ1) is 9.81. The van der Waals surface area contributed by atoms with Gasteiger partial charge >= 0.3 is 0 Å². The fourth-order valence-corrected chi connectivity index (χ4v) is 3.83. The van der Waals surface area contributed by atoms with Gasteiger partial charge in [-0.3, -0.25) is 4.79 Å². The van der Waals surface area contributed by atoms with Gasteiger partial charge in [0.05, 0.1) is 6.04 Å². The van der Waals surface area contributed by atoms with E-state index in [0.717, 1.165) is 23.1 Å². The molecule has 0 bridgehead atoms. The van der Waals surface area contributed by atoms with E-state index in [1.807, 2.05) is 30.5 Å². The van der Waals surface area contributed by atoms with Crippen molar-refractivity contribution in [1.29, 1.82) is 0 Å². The number of carbonyl (C=O) groups excluding carboxylic acids is 1. The third kappa shape index (κ3) is 1.91. The summed E-state index contributed by atoms with van der Waals surface area (Å²) < 4.78 is 0. The summed E-state index contributed by atoms with van der Waals surface area (Å²) >= 11 is 0.